The lowest BCUT2D eigenvalue weighted by Crippen LogP contribution is -2.44. The summed E-state index contributed by atoms with van der Waals surface area (Å²) in [5.74, 6) is 0.772. The molecule has 1 saturated heterocycles. The number of pyridine rings is 1. The molecule has 37 heavy (non-hydrogen) atoms. The zero-order chi connectivity index (χ0) is 26.9. The van der Waals surface area contributed by atoms with E-state index in [1.165, 1.54) is 13.1 Å². The monoisotopic (exact) mass is 507 g/mol. The largest absolute Gasteiger partial charge is 0.383 e. The van der Waals surface area contributed by atoms with Crippen LogP contribution in [-0.4, -0.2) is 85.3 Å². The fraction of sp³-hybridized carbons (Fsp3) is 0.462. The molecule has 1 atom stereocenters. The highest BCUT2D eigenvalue weighted by molar-refractivity contribution is 6.11. The number of nitrogens with zero attached hydrogens (tertiary/aromatic N) is 5. The van der Waals surface area contributed by atoms with E-state index in [-0.39, 0.29) is 18.5 Å². The van der Waals surface area contributed by atoms with Gasteiger partial charge in [-0.05, 0) is 37.3 Å². The van der Waals surface area contributed by atoms with Gasteiger partial charge in [0.2, 0.25) is 5.91 Å². The van der Waals surface area contributed by atoms with Gasteiger partial charge >= 0.3 is 6.03 Å². The van der Waals surface area contributed by atoms with Crippen LogP contribution in [0.2, 0.25) is 0 Å². The standard InChI is InChI=1S/C26H33N7O4/c1-17(32(3)18(2)35)10-20-11-19-6-5-8-33(25(19)30-15-22(20)16-34)26(36)31-24-12-23(28-7-9-37-4)21(13-27)14-29-24/h11-12,14,16-17H,5-10,15H2,1-4H3,(H2,28,29,31,36). The molecule has 1 aromatic heterocycles. The minimum Gasteiger partial charge on any atom is -0.383 e. The second-order valence-electron chi connectivity index (χ2n) is 8.99. The summed E-state index contributed by atoms with van der Waals surface area (Å²) in [4.78, 5) is 49.0. The van der Waals surface area contributed by atoms with Crippen LogP contribution in [0.4, 0.5) is 16.3 Å². The number of hydrogen-bond donors (Lipinski definition) is 2. The lowest BCUT2D eigenvalue weighted by atomic mass is 9.96. The first-order valence-corrected chi connectivity index (χ1v) is 12.2. The van der Waals surface area contributed by atoms with Gasteiger partial charge in [0.05, 0.1) is 24.4 Å². The SMILES string of the molecule is COCCNc1cc(NC(=O)N2CCCC3=CC(CC(C)N(C)C(C)=O)=C(C=O)CN=C32)ncc1C#N. The zero-order valence-corrected chi connectivity index (χ0v) is 21.7. The van der Waals surface area contributed by atoms with Crippen LogP contribution in [0, 0.1) is 11.3 Å². The third-order valence-corrected chi connectivity index (χ3v) is 6.47. The number of hydrogen-bond acceptors (Lipinski definition) is 8. The van der Waals surface area contributed by atoms with Crippen molar-refractivity contribution in [1.29, 1.82) is 5.26 Å². The maximum absolute atomic E-state index is 13.3. The highest BCUT2D eigenvalue weighted by atomic mass is 16.5. The number of nitrogens with one attached hydrogen (secondary N) is 2. The van der Waals surface area contributed by atoms with Gasteiger partial charge in [-0.2, -0.15) is 5.26 Å². The molecule has 1 unspecified atom stereocenters. The van der Waals surface area contributed by atoms with Gasteiger partial charge in [-0.1, -0.05) is 6.08 Å². The number of allylic oxidation sites excluding steroid dienone is 1. The first kappa shape index (κ1) is 27.5. The summed E-state index contributed by atoms with van der Waals surface area (Å²) in [7, 11) is 3.33. The van der Waals surface area contributed by atoms with Crippen molar-refractivity contribution in [1.82, 2.24) is 14.8 Å². The van der Waals surface area contributed by atoms with Crippen molar-refractivity contribution in [2.45, 2.75) is 39.2 Å². The molecule has 2 aliphatic heterocycles. The average Bonchev–Trinajstić information content (AvgIpc) is 3.06. The number of anilines is 2. The van der Waals surface area contributed by atoms with Crippen LogP contribution in [0.3, 0.4) is 0 Å². The summed E-state index contributed by atoms with van der Waals surface area (Å²) in [6.07, 6.45) is 6.11. The first-order valence-electron chi connectivity index (χ1n) is 12.2. The minimum absolute atomic E-state index is 0.0482. The number of piperidine rings is 1. The van der Waals surface area contributed by atoms with E-state index in [2.05, 4.69) is 26.7 Å². The van der Waals surface area contributed by atoms with E-state index >= 15 is 0 Å². The van der Waals surface area contributed by atoms with Crippen LogP contribution in [0.25, 0.3) is 0 Å². The summed E-state index contributed by atoms with van der Waals surface area (Å²) < 4.78 is 5.04. The number of nitriles is 1. The number of amides is 3. The lowest BCUT2D eigenvalue weighted by molar-refractivity contribution is -0.129. The Hall–Kier alpha value is -4.04. The van der Waals surface area contributed by atoms with Crippen LogP contribution >= 0.6 is 0 Å². The molecule has 0 radical (unpaired) electrons. The average molecular weight is 508 g/mol. The molecule has 3 amide bonds. The third kappa shape index (κ3) is 6.80. The molecule has 1 fully saturated rings. The molecule has 3 heterocycles. The molecule has 3 rings (SSSR count). The van der Waals surface area contributed by atoms with Gasteiger partial charge < -0.3 is 15.0 Å². The Kier molecular flexibility index (Phi) is 9.51. The van der Waals surface area contributed by atoms with Gasteiger partial charge in [0, 0.05) is 58.0 Å². The summed E-state index contributed by atoms with van der Waals surface area (Å²) >= 11 is 0. The van der Waals surface area contributed by atoms with Crippen LogP contribution in [-0.2, 0) is 14.3 Å². The fourth-order valence-corrected chi connectivity index (χ4v) is 4.20. The molecule has 0 aromatic carbocycles. The molecule has 2 N–H and O–H groups in total. The summed E-state index contributed by atoms with van der Waals surface area (Å²) in [6, 6.07) is 3.19. The maximum atomic E-state index is 13.3. The molecule has 0 spiro atoms. The number of carbonyl (C=O) groups excluding carboxylic acids is 3. The van der Waals surface area contributed by atoms with Gasteiger partial charge in [-0.25, -0.2) is 9.78 Å². The van der Waals surface area contributed by atoms with Crippen molar-refractivity contribution in [3.63, 3.8) is 0 Å². The van der Waals surface area contributed by atoms with E-state index in [1.54, 1.807) is 30.0 Å². The Labute approximate surface area is 216 Å². The third-order valence-electron chi connectivity index (χ3n) is 6.47. The highest BCUT2D eigenvalue weighted by Crippen LogP contribution is 2.27. The van der Waals surface area contributed by atoms with Gasteiger partial charge in [0.15, 0.2) is 0 Å². The molecule has 11 heteroatoms. The lowest BCUT2D eigenvalue weighted by Gasteiger charge is -2.30. The molecule has 0 aliphatic carbocycles. The van der Waals surface area contributed by atoms with Crippen LogP contribution in [0.15, 0.2) is 40.1 Å². The Bertz CT molecular complexity index is 1180. The summed E-state index contributed by atoms with van der Waals surface area (Å²) in [6.45, 7) is 5.02. The van der Waals surface area contributed by atoms with E-state index < -0.39 is 6.03 Å². The summed E-state index contributed by atoms with van der Waals surface area (Å²) in [5, 5.41) is 15.3. The number of amidine groups is 1. The Morgan fingerprint density at radius 3 is 2.86 bits per heavy atom. The molecular weight excluding hydrogens is 474 g/mol. The normalized spacial score (nSPS) is 15.9. The number of fused-ring (bicyclic) bond motifs is 1. The number of aromatic nitrogens is 1. The molecule has 0 bridgehead atoms. The Balaban J connectivity index is 1.80. The number of aldehydes is 1. The molecule has 1 aromatic rings. The number of carbonyl (C=O) groups is 3. The van der Waals surface area contributed by atoms with Crippen molar-refractivity contribution < 1.29 is 19.1 Å². The van der Waals surface area contributed by atoms with Crippen LogP contribution in [0.5, 0.6) is 0 Å². The van der Waals surface area contributed by atoms with Gasteiger partial charge in [-0.15, -0.1) is 0 Å². The number of aliphatic imine (C=N–C) groups is 1. The van der Waals surface area contributed by atoms with Gasteiger partial charge in [0.25, 0.3) is 0 Å². The number of methoxy groups -OCH3 is 1. The van der Waals surface area contributed by atoms with Crippen LogP contribution < -0.4 is 10.6 Å². The van der Waals surface area contributed by atoms with Crippen molar-refractivity contribution in [2.75, 3.05) is 51.0 Å². The second-order valence-corrected chi connectivity index (χ2v) is 8.99. The first-order chi connectivity index (χ1) is 17.8. The number of rotatable bonds is 9. The maximum Gasteiger partial charge on any atom is 0.328 e. The van der Waals surface area contributed by atoms with E-state index in [9.17, 15) is 19.6 Å². The minimum atomic E-state index is -0.398. The molecule has 0 saturated carbocycles. The highest BCUT2D eigenvalue weighted by Gasteiger charge is 2.29. The van der Waals surface area contributed by atoms with Crippen molar-refractivity contribution in [3.8, 4) is 6.07 Å². The predicted molar refractivity (Wildman–Crippen MR) is 140 cm³/mol. The predicted octanol–water partition coefficient (Wildman–Crippen LogP) is 2.73. The number of likely N-dealkylation sites (tertiary alicyclic amines) is 1. The molecule has 196 valence electrons. The van der Waals surface area contributed by atoms with E-state index in [0.29, 0.717) is 54.6 Å². The van der Waals surface area contributed by atoms with Gasteiger partial charge in [0.1, 0.15) is 24.0 Å². The van der Waals surface area contributed by atoms with Crippen molar-refractivity contribution >= 4 is 35.6 Å². The molecule has 2 aliphatic rings. The molecule has 11 nitrogen and oxygen atoms in total. The zero-order valence-electron chi connectivity index (χ0n) is 21.7. The summed E-state index contributed by atoms with van der Waals surface area (Å²) in [5.41, 5.74) is 3.15. The van der Waals surface area contributed by atoms with E-state index in [1.807, 2.05) is 13.0 Å². The topological polar surface area (TPSA) is 140 Å². The quantitative estimate of drug-likeness (QED) is 0.387. The van der Waals surface area contributed by atoms with Gasteiger partial charge in [-0.3, -0.25) is 24.8 Å². The Morgan fingerprint density at radius 1 is 1.41 bits per heavy atom. The number of ether oxygens (including phenoxy) is 1. The van der Waals surface area contributed by atoms with Crippen molar-refractivity contribution in [2.24, 2.45) is 4.99 Å². The van der Waals surface area contributed by atoms with E-state index in [4.69, 9.17) is 4.74 Å². The van der Waals surface area contributed by atoms with E-state index in [0.717, 1.165) is 30.3 Å². The molecular formula is C26H33N7O4. The smallest absolute Gasteiger partial charge is 0.328 e. The van der Waals surface area contributed by atoms with Crippen molar-refractivity contribution in [3.05, 3.63) is 40.6 Å². The van der Waals surface area contributed by atoms with Crippen LogP contribution in [0.1, 0.15) is 38.7 Å². The Morgan fingerprint density at radius 2 is 2.19 bits per heavy atom. The second kappa shape index (κ2) is 12.8. The fourth-order valence-electron chi connectivity index (χ4n) is 4.20. The number of urea groups is 1.